The first-order valence-electron chi connectivity index (χ1n) is 8.97. The number of hydrogen-bond acceptors (Lipinski definition) is 6. The van der Waals surface area contributed by atoms with Crippen molar-refractivity contribution in [3.05, 3.63) is 18.1 Å². The molecular weight excluding hydrogens is 322 g/mol. The smallest absolute Gasteiger partial charge is 0.409 e. The van der Waals surface area contributed by atoms with E-state index in [2.05, 4.69) is 14.9 Å². The second-order valence-corrected chi connectivity index (χ2v) is 6.29. The number of aromatic nitrogens is 2. The lowest BCUT2D eigenvalue weighted by molar-refractivity contribution is 0.0566. The van der Waals surface area contributed by atoms with Crippen LogP contribution in [0.3, 0.4) is 0 Å². The molecule has 2 saturated heterocycles. The normalized spacial score (nSPS) is 18.2. The SMILES string of the molecule is CCOC(=O)N1CCN(C(=O)c2cc(N3CCCCC3)ncn2)CC1. The summed E-state index contributed by atoms with van der Waals surface area (Å²) in [5.74, 6) is 0.715. The van der Waals surface area contributed by atoms with Crippen LogP contribution in [0, 0.1) is 0 Å². The van der Waals surface area contributed by atoms with Gasteiger partial charge in [-0.05, 0) is 26.2 Å². The van der Waals surface area contributed by atoms with E-state index >= 15 is 0 Å². The van der Waals surface area contributed by atoms with Crippen LogP contribution in [0.5, 0.6) is 0 Å². The van der Waals surface area contributed by atoms with Gasteiger partial charge >= 0.3 is 6.09 Å². The number of carbonyl (C=O) groups is 2. The highest BCUT2D eigenvalue weighted by Gasteiger charge is 2.26. The molecule has 0 atom stereocenters. The summed E-state index contributed by atoms with van der Waals surface area (Å²) in [6, 6.07) is 1.78. The summed E-state index contributed by atoms with van der Waals surface area (Å²) in [5.41, 5.74) is 0.417. The maximum absolute atomic E-state index is 12.7. The van der Waals surface area contributed by atoms with Crippen molar-refractivity contribution >= 4 is 17.8 Å². The summed E-state index contributed by atoms with van der Waals surface area (Å²) in [6.45, 7) is 6.03. The molecule has 136 valence electrons. The molecule has 2 aliphatic rings. The Kier molecular flexibility index (Phi) is 5.67. The third-order valence-electron chi connectivity index (χ3n) is 4.64. The van der Waals surface area contributed by atoms with Crippen LogP contribution in [0.4, 0.5) is 10.6 Å². The molecule has 0 aromatic carbocycles. The predicted molar refractivity (Wildman–Crippen MR) is 92.6 cm³/mol. The molecule has 1 aromatic rings. The van der Waals surface area contributed by atoms with E-state index in [9.17, 15) is 9.59 Å². The fraction of sp³-hybridized carbons (Fsp3) is 0.647. The summed E-state index contributed by atoms with van der Waals surface area (Å²) in [6.07, 6.45) is 4.71. The summed E-state index contributed by atoms with van der Waals surface area (Å²) >= 11 is 0. The van der Waals surface area contributed by atoms with E-state index in [-0.39, 0.29) is 12.0 Å². The first kappa shape index (κ1) is 17.4. The monoisotopic (exact) mass is 347 g/mol. The Labute approximate surface area is 147 Å². The van der Waals surface area contributed by atoms with E-state index in [1.165, 1.54) is 12.7 Å². The number of piperidine rings is 1. The molecule has 8 heteroatoms. The lowest BCUT2D eigenvalue weighted by Crippen LogP contribution is -2.50. The Morgan fingerprint density at radius 1 is 1.00 bits per heavy atom. The molecule has 25 heavy (non-hydrogen) atoms. The number of amides is 2. The van der Waals surface area contributed by atoms with Gasteiger partial charge in [0.2, 0.25) is 0 Å². The van der Waals surface area contributed by atoms with Gasteiger partial charge in [0, 0.05) is 45.3 Å². The molecule has 0 bridgehead atoms. The summed E-state index contributed by atoms with van der Waals surface area (Å²) in [7, 11) is 0. The zero-order valence-corrected chi connectivity index (χ0v) is 14.7. The molecule has 3 rings (SSSR count). The first-order chi connectivity index (χ1) is 12.2. The molecule has 0 spiro atoms. The molecule has 2 aliphatic heterocycles. The third-order valence-corrected chi connectivity index (χ3v) is 4.64. The number of hydrogen-bond donors (Lipinski definition) is 0. The fourth-order valence-electron chi connectivity index (χ4n) is 3.23. The van der Waals surface area contributed by atoms with Gasteiger partial charge in [0.25, 0.3) is 5.91 Å². The van der Waals surface area contributed by atoms with Crippen LogP contribution in [-0.2, 0) is 4.74 Å². The van der Waals surface area contributed by atoms with E-state index in [1.807, 2.05) is 0 Å². The van der Waals surface area contributed by atoms with Gasteiger partial charge in [-0.15, -0.1) is 0 Å². The van der Waals surface area contributed by atoms with Gasteiger partial charge in [-0.3, -0.25) is 4.79 Å². The summed E-state index contributed by atoms with van der Waals surface area (Å²) in [5, 5.41) is 0. The molecule has 0 unspecified atom stereocenters. The van der Waals surface area contributed by atoms with Crippen molar-refractivity contribution in [2.45, 2.75) is 26.2 Å². The van der Waals surface area contributed by atoms with Crippen molar-refractivity contribution < 1.29 is 14.3 Å². The van der Waals surface area contributed by atoms with Gasteiger partial charge in [0.05, 0.1) is 6.61 Å². The van der Waals surface area contributed by atoms with Gasteiger partial charge in [-0.1, -0.05) is 0 Å². The predicted octanol–water partition coefficient (Wildman–Crippen LogP) is 1.38. The van der Waals surface area contributed by atoms with Gasteiger partial charge in [0.15, 0.2) is 0 Å². The van der Waals surface area contributed by atoms with Crippen molar-refractivity contribution in [2.24, 2.45) is 0 Å². The van der Waals surface area contributed by atoms with Crippen LogP contribution in [0.25, 0.3) is 0 Å². The average Bonchev–Trinajstić information content (AvgIpc) is 2.68. The number of rotatable bonds is 3. The quantitative estimate of drug-likeness (QED) is 0.822. The minimum Gasteiger partial charge on any atom is -0.450 e. The Bertz CT molecular complexity index is 610. The highest BCUT2D eigenvalue weighted by molar-refractivity contribution is 5.93. The van der Waals surface area contributed by atoms with E-state index < -0.39 is 0 Å². The van der Waals surface area contributed by atoms with Crippen LogP contribution in [-0.4, -0.2) is 77.6 Å². The number of piperazine rings is 1. The standard InChI is InChI=1S/C17H25N5O3/c1-2-25-17(24)22-10-8-21(9-11-22)16(23)14-12-15(19-13-18-14)20-6-4-3-5-7-20/h12-13H,2-11H2,1H3. The lowest BCUT2D eigenvalue weighted by Gasteiger charge is -2.34. The Hall–Kier alpha value is -2.38. The molecule has 3 heterocycles. The van der Waals surface area contributed by atoms with Crippen LogP contribution >= 0.6 is 0 Å². The van der Waals surface area contributed by atoms with Crippen LogP contribution < -0.4 is 4.90 Å². The van der Waals surface area contributed by atoms with Crippen LogP contribution in [0.2, 0.25) is 0 Å². The van der Waals surface area contributed by atoms with Crippen molar-refractivity contribution in [3.8, 4) is 0 Å². The molecule has 0 radical (unpaired) electrons. The minimum absolute atomic E-state index is 0.107. The molecule has 1 aromatic heterocycles. The Morgan fingerprint density at radius 2 is 1.68 bits per heavy atom. The van der Waals surface area contributed by atoms with Crippen LogP contribution in [0.1, 0.15) is 36.7 Å². The largest absolute Gasteiger partial charge is 0.450 e. The van der Waals surface area contributed by atoms with Crippen molar-refractivity contribution in [1.82, 2.24) is 19.8 Å². The Morgan fingerprint density at radius 3 is 2.36 bits per heavy atom. The lowest BCUT2D eigenvalue weighted by atomic mass is 10.1. The van der Waals surface area contributed by atoms with Crippen molar-refractivity contribution in [1.29, 1.82) is 0 Å². The van der Waals surface area contributed by atoms with Gasteiger partial charge in [-0.25, -0.2) is 14.8 Å². The van der Waals surface area contributed by atoms with E-state index in [0.29, 0.717) is 38.5 Å². The molecule has 2 fully saturated rings. The molecule has 0 saturated carbocycles. The van der Waals surface area contributed by atoms with Gasteiger partial charge in [-0.2, -0.15) is 0 Å². The van der Waals surface area contributed by atoms with Crippen LogP contribution in [0.15, 0.2) is 12.4 Å². The Balaban J connectivity index is 1.61. The summed E-state index contributed by atoms with van der Waals surface area (Å²) in [4.78, 5) is 38.5. The zero-order chi connectivity index (χ0) is 17.6. The number of anilines is 1. The molecule has 0 N–H and O–H groups in total. The number of nitrogens with zero attached hydrogens (tertiary/aromatic N) is 5. The minimum atomic E-state index is -0.316. The third kappa shape index (κ3) is 4.18. The zero-order valence-electron chi connectivity index (χ0n) is 14.7. The van der Waals surface area contributed by atoms with Gasteiger partial charge in [0.1, 0.15) is 17.8 Å². The molecule has 0 aliphatic carbocycles. The van der Waals surface area contributed by atoms with Gasteiger partial charge < -0.3 is 19.4 Å². The number of ether oxygens (including phenoxy) is 1. The van der Waals surface area contributed by atoms with E-state index in [0.717, 1.165) is 31.7 Å². The maximum atomic E-state index is 12.7. The van der Waals surface area contributed by atoms with Crippen molar-refractivity contribution in [2.75, 3.05) is 50.8 Å². The summed E-state index contributed by atoms with van der Waals surface area (Å²) < 4.78 is 5.00. The average molecular weight is 347 g/mol. The number of carbonyl (C=O) groups excluding carboxylic acids is 2. The molecular formula is C17H25N5O3. The maximum Gasteiger partial charge on any atom is 0.409 e. The topological polar surface area (TPSA) is 78.9 Å². The van der Waals surface area contributed by atoms with E-state index in [4.69, 9.17) is 4.74 Å². The fourth-order valence-corrected chi connectivity index (χ4v) is 3.23. The first-order valence-corrected chi connectivity index (χ1v) is 8.97. The molecule has 8 nitrogen and oxygen atoms in total. The second kappa shape index (κ2) is 8.13. The second-order valence-electron chi connectivity index (χ2n) is 6.29. The highest BCUT2D eigenvalue weighted by atomic mass is 16.6. The van der Waals surface area contributed by atoms with Crippen molar-refractivity contribution in [3.63, 3.8) is 0 Å². The van der Waals surface area contributed by atoms with E-state index in [1.54, 1.807) is 22.8 Å². The highest BCUT2D eigenvalue weighted by Crippen LogP contribution is 2.18. The molecule has 2 amide bonds.